The van der Waals surface area contributed by atoms with E-state index < -0.39 is 0 Å². The van der Waals surface area contributed by atoms with Crippen LogP contribution in [0.3, 0.4) is 0 Å². The zero-order valence-electron chi connectivity index (χ0n) is 9.36. The van der Waals surface area contributed by atoms with Gasteiger partial charge in [0, 0.05) is 6.92 Å². The highest BCUT2D eigenvalue weighted by molar-refractivity contribution is 5.66. The molecule has 0 radical (unpaired) electrons. The van der Waals surface area contributed by atoms with Gasteiger partial charge in [-0.3, -0.25) is 4.79 Å². The first-order chi connectivity index (χ1) is 7.15. The quantitative estimate of drug-likeness (QED) is 0.558. The Hall–Kier alpha value is -1.57. The molecule has 0 spiro atoms. The third-order valence-electron chi connectivity index (χ3n) is 2.26. The molecule has 15 heavy (non-hydrogen) atoms. The zero-order valence-corrected chi connectivity index (χ0v) is 9.36. The molecule has 0 aliphatic heterocycles. The van der Waals surface area contributed by atoms with Gasteiger partial charge < -0.3 is 4.74 Å². The predicted molar refractivity (Wildman–Crippen MR) is 60.4 cm³/mol. The van der Waals surface area contributed by atoms with Crippen LogP contribution in [-0.4, -0.2) is 5.97 Å². The van der Waals surface area contributed by atoms with Crippen LogP contribution in [0.5, 0.6) is 0 Å². The number of hydrogen-bond donors (Lipinski definition) is 0. The number of carbonyl (C=O) groups is 1. The highest BCUT2D eigenvalue weighted by atomic mass is 16.5. The van der Waals surface area contributed by atoms with E-state index in [9.17, 15) is 4.79 Å². The average molecular weight is 204 g/mol. The summed E-state index contributed by atoms with van der Waals surface area (Å²) < 4.78 is 5.28. The molecule has 0 saturated carbocycles. The molecule has 1 rings (SSSR count). The van der Waals surface area contributed by atoms with Gasteiger partial charge in [0.25, 0.3) is 0 Å². The summed E-state index contributed by atoms with van der Waals surface area (Å²) in [7, 11) is 0. The minimum Gasteiger partial charge on any atom is -0.453 e. The summed E-state index contributed by atoms with van der Waals surface area (Å²) in [6.45, 7) is 5.33. The van der Waals surface area contributed by atoms with Crippen molar-refractivity contribution < 1.29 is 9.53 Å². The molecule has 2 nitrogen and oxygen atoms in total. The van der Waals surface area contributed by atoms with Crippen LogP contribution in [0.2, 0.25) is 0 Å². The normalized spacial score (nSPS) is 13.4. The van der Waals surface area contributed by atoms with E-state index in [2.05, 4.69) is 0 Å². The van der Waals surface area contributed by atoms with Gasteiger partial charge in [-0.15, -0.1) is 0 Å². The minimum absolute atomic E-state index is 0.256. The second-order valence-electron chi connectivity index (χ2n) is 3.43. The Morgan fingerprint density at radius 1 is 1.27 bits per heavy atom. The lowest BCUT2D eigenvalue weighted by Gasteiger charge is -2.17. The Balaban J connectivity index is 2.96. The summed E-state index contributed by atoms with van der Waals surface area (Å²) in [5.41, 5.74) is 2.04. The molecule has 0 aromatic heterocycles. The molecule has 2 heteroatoms. The monoisotopic (exact) mass is 204 g/mol. The molecule has 0 aliphatic rings. The van der Waals surface area contributed by atoms with Crippen LogP contribution in [0.4, 0.5) is 0 Å². The topological polar surface area (TPSA) is 26.3 Å². The van der Waals surface area contributed by atoms with Crippen molar-refractivity contribution in [2.45, 2.75) is 26.9 Å². The van der Waals surface area contributed by atoms with Crippen LogP contribution >= 0.6 is 0 Å². The fraction of sp³-hybridized carbons (Fsp3) is 0.308. The maximum atomic E-state index is 11.0. The molecule has 80 valence electrons. The molecular weight excluding hydrogens is 188 g/mol. The van der Waals surface area contributed by atoms with Gasteiger partial charge in [0.1, 0.15) is 6.10 Å². The number of carbonyl (C=O) groups excluding carboxylic acids is 1. The van der Waals surface area contributed by atoms with Gasteiger partial charge >= 0.3 is 5.97 Å². The first-order valence-electron chi connectivity index (χ1n) is 5.00. The van der Waals surface area contributed by atoms with Crippen molar-refractivity contribution in [3.8, 4) is 0 Å². The van der Waals surface area contributed by atoms with Crippen molar-refractivity contribution in [2.24, 2.45) is 0 Å². The van der Waals surface area contributed by atoms with Crippen molar-refractivity contribution in [1.82, 2.24) is 0 Å². The van der Waals surface area contributed by atoms with Crippen LogP contribution in [0.15, 0.2) is 42.0 Å². The number of benzene rings is 1. The smallest absolute Gasteiger partial charge is 0.303 e. The highest BCUT2D eigenvalue weighted by Gasteiger charge is 2.15. The van der Waals surface area contributed by atoms with Gasteiger partial charge in [0.05, 0.1) is 0 Å². The summed E-state index contributed by atoms with van der Waals surface area (Å²) in [6, 6.07) is 9.74. The maximum absolute atomic E-state index is 11.0. The molecule has 1 aromatic rings. The molecule has 0 fully saturated rings. The number of hydrogen-bond acceptors (Lipinski definition) is 2. The van der Waals surface area contributed by atoms with E-state index in [4.69, 9.17) is 4.74 Å². The Bertz CT molecular complexity index is 352. The van der Waals surface area contributed by atoms with Gasteiger partial charge in [0.2, 0.25) is 0 Å². The summed E-state index contributed by atoms with van der Waals surface area (Å²) in [4.78, 5) is 11.0. The molecule has 0 aliphatic carbocycles. The molecular formula is C13H16O2. The SMILES string of the molecule is C/C=C(\C)C(OC(C)=O)c1ccccc1. The molecule has 0 heterocycles. The highest BCUT2D eigenvalue weighted by Crippen LogP contribution is 2.25. The van der Waals surface area contributed by atoms with Crippen LogP contribution in [0, 0.1) is 0 Å². The minimum atomic E-state index is -0.259. The average Bonchev–Trinajstić information content (AvgIpc) is 2.26. The van der Waals surface area contributed by atoms with Gasteiger partial charge in [-0.25, -0.2) is 0 Å². The standard InChI is InChI=1S/C13H16O2/c1-4-10(2)13(15-11(3)14)12-8-6-5-7-9-12/h4-9,13H,1-3H3/b10-4+. The van der Waals surface area contributed by atoms with E-state index in [1.165, 1.54) is 6.92 Å². The van der Waals surface area contributed by atoms with E-state index >= 15 is 0 Å². The molecule has 0 N–H and O–H groups in total. The van der Waals surface area contributed by atoms with Gasteiger partial charge in [-0.1, -0.05) is 36.4 Å². The largest absolute Gasteiger partial charge is 0.453 e. The van der Waals surface area contributed by atoms with Gasteiger partial charge in [-0.2, -0.15) is 0 Å². The van der Waals surface area contributed by atoms with Crippen LogP contribution < -0.4 is 0 Å². The fourth-order valence-corrected chi connectivity index (χ4v) is 1.37. The van der Waals surface area contributed by atoms with E-state index in [0.717, 1.165) is 11.1 Å². The van der Waals surface area contributed by atoms with Crippen LogP contribution in [-0.2, 0) is 9.53 Å². The van der Waals surface area contributed by atoms with Crippen LogP contribution in [0.1, 0.15) is 32.4 Å². The Kier molecular flexibility index (Phi) is 4.10. The lowest BCUT2D eigenvalue weighted by molar-refractivity contribution is -0.144. The zero-order chi connectivity index (χ0) is 11.3. The second kappa shape index (κ2) is 5.35. The number of esters is 1. The molecule has 0 saturated heterocycles. The fourth-order valence-electron chi connectivity index (χ4n) is 1.37. The Morgan fingerprint density at radius 3 is 2.33 bits per heavy atom. The van der Waals surface area contributed by atoms with E-state index in [1.807, 2.05) is 50.3 Å². The Labute approximate surface area is 90.6 Å². The number of allylic oxidation sites excluding steroid dienone is 1. The number of rotatable bonds is 3. The third-order valence-corrected chi connectivity index (χ3v) is 2.26. The van der Waals surface area contributed by atoms with E-state index in [-0.39, 0.29) is 12.1 Å². The second-order valence-corrected chi connectivity index (χ2v) is 3.43. The lowest BCUT2D eigenvalue weighted by atomic mass is 10.0. The molecule has 1 unspecified atom stereocenters. The number of ether oxygens (including phenoxy) is 1. The summed E-state index contributed by atoms with van der Waals surface area (Å²) in [5, 5.41) is 0. The molecule has 1 atom stereocenters. The van der Waals surface area contributed by atoms with Crippen molar-refractivity contribution in [3.63, 3.8) is 0 Å². The Morgan fingerprint density at radius 2 is 1.87 bits per heavy atom. The van der Waals surface area contributed by atoms with Gasteiger partial charge in [0.15, 0.2) is 0 Å². The van der Waals surface area contributed by atoms with Crippen molar-refractivity contribution in [1.29, 1.82) is 0 Å². The van der Waals surface area contributed by atoms with Crippen molar-refractivity contribution >= 4 is 5.97 Å². The van der Waals surface area contributed by atoms with Crippen molar-refractivity contribution in [3.05, 3.63) is 47.5 Å². The predicted octanol–water partition coefficient (Wildman–Crippen LogP) is 3.26. The summed E-state index contributed by atoms with van der Waals surface area (Å²) in [5.74, 6) is -0.259. The van der Waals surface area contributed by atoms with Crippen LogP contribution in [0.25, 0.3) is 0 Å². The lowest BCUT2D eigenvalue weighted by Crippen LogP contribution is -2.09. The first-order valence-corrected chi connectivity index (χ1v) is 5.00. The maximum Gasteiger partial charge on any atom is 0.303 e. The van der Waals surface area contributed by atoms with Gasteiger partial charge in [-0.05, 0) is 25.0 Å². The molecule has 1 aromatic carbocycles. The molecule has 0 amide bonds. The summed E-state index contributed by atoms with van der Waals surface area (Å²) in [6.07, 6.45) is 1.70. The molecule has 0 bridgehead atoms. The van der Waals surface area contributed by atoms with E-state index in [0.29, 0.717) is 0 Å². The van der Waals surface area contributed by atoms with E-state index in [1.54, 1.807) is 0 Å². The third kappa shape index (κ3) is 3.24. The van der Waals surface area contributed by atoms with Crippen molar-refractivity contribution in [2.75, 3.05) is 0 Å². The summed E-state index contributed by atoms with van der Waals surface area (Å²) >= 11 is 0. The first kappa shape index (κ1) is 11.5.